The van der Waals surface area contributed by atoms with Gasteiger partial charge >= 0.3 is 0 Å². The lowest BCUT2D eigenvalue weighted by Gasteiger charge is -2.04. The van der Waals surface area contributed by atoms with E-state index in [4.69, 9.17) is 0 Å². The van der Waals surface area contributed by atoms with E-state index >= 15 is 0 Å². The van der Waals surface area contributed by atoms with Crippen LogP contribution in [0.1, 0.15) is 104 Å². The van der Waals surface area contributed by atoms with E-state index in [0.29, 0.717) is 5.41 Å². The third-order valence-electron chi connectivity index (χ3n) is 4.87. The van der Waals surface area contributed by atoms with Gasteiger partial charge in [0.05, 0.1) is 0 Å². The minimum Gasteiger partial charge on any atom is -0.0654 e. The second kappa shape index (κ2) is 8.99. The van der Waals surface area contributed by atoms with Crippen LogP contribution in [0.3, 0.4) is 0 Å². The van der Waals surface area contributed by atoms with Gasteiger partial charge in [0.25, 0.3) is 0 Å². The average Bonchev–Trinajstić information content (AvgIpc) is 2.94. The van der Waals surface area contributed by atoms with E-state index in [2.05, 4.69) is 20.8 Å². The van der Waals surface area contributed by atoms with E-state index in [1.807, 2.05) is 0 Å². The second-order valence-electron chi connectivity index (χ2n) is 7.21. The molecular formula is C18H36. The summed E-state index contributed by atoms with van der Waals surface area (Å²) in [6.07, 6.45) is 19.2. The molecule has 0 aromatic heterocycles. The van der Waals surface area contributed by atoms with Gasteiger partial charge in [-0.1, -0.05) is 91.4 Å². The highest BCUT2D eigenvalue weighted by molar-refractivity contribution is 4.94. The van der Waals surface area contributed by atoms with Gasteiger partial charge in [-0.15, -0.1) is 0 Å². The molecule has 108 valence electrons. The molecule has 18 heavy (non-hydrogen) atoms. The molecule has 0 aliphatic heterocycles. The predicted octanol–water partition coefficient (Wildman–Crippen LogP) is 6.73. The lowest BCUT2D eigenvalue weighted by atomic mass is 10.0. The first kappa shape index (κ1) is 16.1. The Labute approximate surface area is 116 Å². The van der Waals surface area contributed by atoms with Crippen LogP contribution >= 0.6 is 0 Å². The first-order chi connectivity index (χ1) is 8.67. The SMILES string of the molecule is CCCCCCCCCCCCCC1CC1(C)C. The molecular weight excluding hydrogens is 216 g/mol. The van der Waals surface area contributed by atoms with Crippen molar-refractivity contribution in [2.24, 2.45) is 11.3 Å². The molecule has 1 aliphatic rings. The number of rotatable bonds is 12. The van der Waals surface area contributed by atoms with Crippen LogP contribution < -0.4 is 0 Å². The van der Waals surface area contributed by atoms with Crippen molar-refractivity contribution in [3.05, 3.63) is 0 Å². The normalized spacial score (nSPS) is 21.2. The lowest BCUT2D eigenvalue weighted by molar-refractivity contribution is 0.492. The highest BCUT2D eigenvalue weighted by Crippen LogP contribution is 2.54. The van der Waals surface area contributed by atoms with Gasteiger partial charge in [0, 0.05) is 0 Å². The maximum atomic E-state index is 2.43. The topological polar surface area (TPSA) is 0 Å². The molecule has 1 aliphatic carbocycles. The van der Waals surface area contributed by atoms with Crippen LogP contribution in [0.2, 0.25) is 0 Å². The van der Waals surface area contributed by atoms with Crippen molar-refractivity contribution in [3.63, 3.8) is 0 Å². The minimum atomic E-state index is 0.707. The Morgan fingerprint density at radius 3 is 1.50 bits per heavy atom. The third kappa shape index (κ3) is 7.44. The predicted molar refractivity (Wildman–Crippen MR) is 83.0 cm³/mol. The molecule has 1 rings (SSSR count). The Morgan fingerprint density at radius 2 is 1.11 bits per heavy atom. The van der Waals surface area contributed by atoms with Gasteiger partial charge < -0.3 is 0 Å². The van der Waals surface area contributed by atoms with E-state index in [1.165, 1.54) is 83.5 Å². The van der Waals surface area contributed by atoms with Gasteiger partial charge in [0.1, 0.15) is 0 Å². The summed E-state index contributed by atoms with van der Waals surface area (Å²) in [5.74, 6) is 1.07. The van der Waals surface area contributed by atoms with Gasteiger partial charge in [0.2, 0.25) is 0 Å². The molecule has 1 saturated carbocycles. The van der Waals surface area contributed by atoms with Crippen molar-refractivity contribution in [3.8, 4) is 0 Å². The van der Waals surface area contributed by atoms with Gasteiger partial charge in [-0.3, -0.25) is 0 Å². The summed E-state index contributed by atoms with van der Waals surface area (Å²) in [6, 6.07) is 0. The zero-order chi connectivity index (χ0) is 13.3. The molecule has 0 aromatic rings. The van der Waals surface area contributed by atoms with E-state index < -0.39 is 0 Å². The lowest BCUT2D eigenvalue weighted by Crippen LogP contribution is -1.90. The van der Waals surface area contributed by atoms with Crippen LogP contribution in [-0.4, -0.2) is 0 Å². The average molecular weight is 252 g/mol. The van der Waals surface area contributed by atoms with Crippen LogP contribution in [0, 0.1) is 11.3 Å². The molecule has 0 nitrogen and oxygen atoms in total. The fourth-order valence-corrected chi connectivity index (χ4v) is 3.12. The standard InChI is InChI=1S/C18H36/c1-4-5-6-7-8-9-10-11-12-13-14-15-17-16-18(17,2)3/h17H,4-16H2,1-3H3. The van der Waals surface area contributed by atoms with Crippen molar-refractivity contribution in [2.45, 2.75) is 104 Å². The Morgan fingerprint density at radius 1 is 0.722 bits per heavy atom. The van der Waals surface area contributed by atoms with Crippen LogP contribution in [0.15, 0.2) is 0 Å². The Hall–Kier alpha value is 0. The summed E-state index contributed by atoms with van der Waals surface area (Å²) < 4.78 is 0. The molecule has 0 heterocycles. The van der Waals surface area contributed by atoms with E-state index in [-0.39, 0.29) is 0 Å². The zero-order valence-corrected chi connectivity index (χ0v) is 13.3. The summed E-state index contributed by atoms with van der Waals surface area (Å²) in [6.45, 7) is 7.15. The molecule has 1 atom stereocenters. The maximum absolute atomic E-state index is 2.43. The van der Waals surface area contributed by atoms with Crippen molar-refractivity contribution < 1.29 is 0 Å². The third-order valence-corrected chi connectivity index (χ3v) is 4.87. The molecule has 0 aromatic carbocycles. The highest BCUT2D eigenvalue weighted by atomic mass is 14.5. The van der Waals surface area contributed by atoms with Gasteiger partial charge in [-0.2, -0.15) is 0 Å². The Kier molecular flexibility index (Phi) is 8.02. The molecule has 0 heteroatoms. The number of hydrogen-bond acceptors (Lipinski definition) is 0. The molecule has 0 spiro atoms. The largest absolute Gasteiger partial charge is 0.0654 e. The van der Waals surface area contributed by atoms with Gasteiger partial charge in [0.15, 0.2) is 0 Å². The summed E-state index contributed by atoms with van der Waals surface area (Å²) in [7, 11) is 0. The van der Waals surface area contributed by atoms with Crippen LogP contribution in [0.25, 0.3) is 0 Å². The van der Waals surface area contributed by atoms with Crippen LogP contribution in [0.5, 0.6) is 0 Å². The van der Waals surface area contributed by atoms with Crippen molar-refractivity contribution in [1.82, 2.24) is 0 Å². The summed E-state index contributed by atoms with van der Waals surface area (Å²) >= 11 is 0. The second-order valence-corrected chi connectivity index (χ2v) is 7.21. The fraction of sp³-hybridized carbons (Fsp3) is 1.00. The molecule has 0 saturated heterocycles. The summed E-state index contributed by atoms with van der Waals surface area (Å²) in [5.41, 5.74) is 0.707. The highest BCUT2D eigenvalue weighted by Gasteiger charge is 2.44. The van der Waals surface area contributed by atoms with E-state index in [1.54, 1.807) is 0 Å². The quantitative estimate of drug-likeness (QED) is 0.338. The van der Waals surface area contributed by atoms with Gasteiger partial charge in [-0.25, -0.2) is 0 Å². The molecule has 1 fully saturated rings. The van der Waals surface area contributed by atoms with Crippen molar-refractivity contribution in [1.29, 1.82) is 0 Å². The monoisotopic (exact) mass is 252 g/mol. The smallest absolute Gasteiger partial charge is 0.0323 e. The number of hydrogen-bond donors (Lipinski definition) is 0. The first-order valence-corrected chi connectivity index (χ1v) is 8.67. The summed E-state index contributed by atoms with van der Waals surface area (Å²) in [4.78, 5) is 0. The van der Waals surface area contributed by atoms with E-state index in [0.717, 1.165) is 5.92 Å². The Bertz CT molecular complexity index is 192. The molecule has 0 N–H and O–H groups in total. The van der Waals surface area contributed by atoms with Crippen LogP contribution in [0.4, 0.5) is 0 Å². The molecule has 1 unspecified atom stereocenters. The van der Waals surface area contributed by atoms with Crippen LogP contribution in [-0.2, 0) is 0 Å². The Balaban J connectivity index is 1.69. The van der Waals surface area contributed by atoms with Gasteiger partial charge in [-0.05, 0) is 24.2 Å². The summed E-state index contributed by atoms with van der Waals surface area (Å²) in [5, 5.41) is 0. The molecule has 0 bridgehead atoms. The zero-order valence-electron chi connectivity index (χ0n) is 13.3. The minimum absolute atomic E-state index is 0.707. The molecule has 0 radical (unpaired) electrons. The molecule has 0 amide bonds. The fourth-order valence-electron chi connectivity index (χ4n) is 3.12. The van der Waals surface area contributed by atoms with Crippen molar-refractivity contribution in [2.75, 3.05) is 0 Å². The first-order valence-electron chi connectivity index (χ1n) is 8.67. The van der Waals surface area contributed by atoms with E-state index in [9.17, 15) is 0 Å². The number of unbranched alkanes of at least 4 members (excludes halogenated alkanes) is 10. The maximum Gasteiger partial charge on any atom is -0.0323 e. The van der Waals surface area contributed by atoms with Crippen molar-refractivity contribution >= 4 is 0 Å².